The van der Waals surface area contributed by atoms with Gasteiger partial charge in [0.05, 0.1) is 47.2 Å². The van der Waals surface area contributed by atoms with Crippen molar-refractivity contribution in [2.45, 2.75) is 63.5 Å². The number of aliphatic imine (C=N–C) groups is 1. The highest BCUT2D eigenvalue weighted by molar-refractivity contribution is 6.03. The maximum absolute atomic E-state index is 12.9. The molecule has 1 aliphatic rings. The Hall–Kier alpha value is -4.31. The molecule has 3 heterocycles. The molecule has 2 unspecified atom stereocenters. The molecule has 1 aliphatic heterocycles. The van der Waals surface area contributed by atoms with Crippen LogP contribution in [0.2, 0.25) is 0 Å². The number of aromatic amines is 1. The van der Waals surface area contributed by atoms with Crippen LogP contribution in [0.15, 0.2) is 52.4 Å². The zero-order chi connectivity index (χ0) is 29.1. The Morgan fingerprint density at radius 3 is 2.80 bits per heavy atom. The van der Waals surface area contributed by atoms with E-state index in [1.165, 1.54) is 6.20 Å². The summed E-state index contributed by atoms with van der Waals surface area (Å²) < 4.78 is 11.3. The Morgan fingerprint density at radius 2 is 2.15 bits per heavy atom. The SMILES string of the molecule is CC(C)(C)OC(=O)C1CC[C@@](CC#N)(Nc2cc[nH]c(=O)c2C(N)=Nc2ccc3nc(C(N)O)ccc3c2)CO1. The smallest absolute Gasteiger partial charge is 0.335 e. The number of nitriles is 1. The first-order valence-corrected chi connectivity index (χ1v) is 12.8. The van der Waals surface area contributed by atoms with E-state index in [-0.39, 0.29) is 24.4 Å². The number of esters is 1. The third kappa shape index (κ3) is 6.63. The van der Waals surface area contributed by atoms with E-state index in [9.17, 15) is 20.0 Å². The Labute approximate surface area is 231 Å². The van der Waals surface area contributed by atoms with Crippen LogP contribution < -0.4 is 22.3 Å². The molecule has 0 aliphatic carbocycles. The summed E-state index contributed by atoms with van der Waals surface area (Å²) in [5, 5.41) is 23.2. The van der Waals surface area contributed by atoms with Crippen LogP contribution in [0.5, 0.6) is 0 Å². The number of carbonyl (C=O) groups excluding carboxylic acids is 1. The van der Waals surface area contributed by atoms with Crippen LogP contribution in [-0.4, -0.2) is 50.7 Å². The summed E-state index contributed by atoms with van der Waals surface area (Å²) in [4.78, 5) is 36.8. The molecule has 1 aromatic carbocycles. The maximum atomic E-state index is 12.9. The van der Waals surface area contributed by atoms with Crippen molar-refractivity contribution in [3.05, 3.63) is 64.2 Å². The molecule has 4 rings (SSSR count). The summed E-state index contributed by atoms with van der Waals surface area (Å²) >= 11 is 0. The van der Waals surface area contributed by atoms with Gasteiger partial charge in [0, 0.05) is 11.6 Å². The molecule has 2 aromatic heterocycles. The van der Waals surface area contributed by atoms with Crippen molar-refractivity contribution < 1.29 is 19.4 Å². The van der Waals surface area contributed by atoms with Crippen molar-refractivity contribution in [3.63, 3.8) is 0 Å². The van der Waals surface area contributed by atoms with E-state index in [1.807, 2.05) is 0 Å². The first kappa shape index (κ1) is 28.7. The van der Waals surface area contributed by atoms with Crippen LogP contribution in [-0.2, 0) is 14.3 Å². The first-order valence-electron chi connectivity index (χ1n) is 12.8. The van der Waals surface area contributed by atoms with E-state index < -0.39 is 35.0 Å². The number of H-pyrrole nitrogens is 1. The van der Waals surface area contributed by atoms with Gasteiger partial charge in [0.15, 0.2) is 6.10 Å². The van der Waals surface area contributed by atoms with Crippen LogP contribution in [0.25, 0.3) is 10.9 Å². The highest BCUT2D eigenvalue weighted by atomic mass is 16.6. The van der Waals surface area contributed by atoms with Crippen LogP contribution in [0.1, 0.15) is 57.5 Å². The van der Waals surface area contributed by atoms with Crippen LogP contribution in [0, 0.1) is 11.3 Å². The number of aliphatic hydroxyl groups excluding tert-OH is 1. The Kier molecular flexibility index (Phi) is 8.20. The van der Waals surface area contributed by atoms with E-state index >= 15 is 0 Å². The lowest BCUT2D eigenvalue weighted by atomic mass is 9.86. The molecular formula is C28H33N7O5. The van der Waals surface area contributed by atoms with Crippen LogP contribution >= 0.6 is 0 Å². The van der Waals surface area contributed by atoms with Gasteiger partial charge in [-0.25, -0.2) is 14.8 Å². The van der Waals surface area contributed by atoms with Crippen molar-refractivity contribution in [3.8, 4) is 6.07 Å². The van der Waals surface area contributed by atoms with Gasteiger partial charge in [-0.1, -0.05) is 6.07 Å². The molecule has 12 nitrogen and oxygen atoms in total. The Morgan fingerprint density at radius 1 is 1.38 bits per heavy atom. The average Bonchev–Trinajstić information content (AvgIpc) is 2.88. The molecule has 0 amide bonds. The van der Waals surface area contributed by atoms with Gasteiger partial charge >= 0.3 is 5.97 Å². The number of amidine groups is 1. The number of ether oxygens (including phenoxy) is 2. The number of rotatable bonds is 7. The van der Waals surface area contributed by atoms with Gasteiger partial charge in [-0.3, -0.25) is 4.79 Å². The fourth-order valence-corrected chi connectivity index (χ4v) is 4.49. The van der Waals surface area contributed by atoms with E-state index in [2.05, 4.69) is 26.3 Å². The fraction of sp³-hybridized carbons (Fsp3) is 0.393. The van der Waals surface area contributed by atoms with Gasteiger partial charge in [0.25, 0.3) is 5.56 Å². The van der Waals surface area contributed by atoms with Crippen molar-refractivity contribution >= 4 is 34.1 Å². The number of pyridine rings is 2. The monoisotopic (exact) mass is 547 g/mol. The normalized spacial score (nSPS) is 20.5. The number of nitrogens with zero attached hydrogens (tertiary/aromatic N) is 3. The first-order chi connectivity index (χ1) is 18.9. The van der Waals surface area contributed by atoms with Crippen LogP contribution in [0.3, 0.4) is 0 Å². The quantitative estimate of drug-likeness (QED) is 0.127. The van der Waals surface area contributed by atoms with E-state index in [0.717, 1.165) is 5.39 Å². The summed E-state index contributed by atoms with van der Waals surface area (Å²) in [7, 11) is 0. The molecule has 12 heteroatoms. The zero-order valence-electron chi connectivity index (χ0n) is 22.6. The van der Waals surface area contributed by atoms with Gasteiger partial charge in [0.1, 0.15) is 23.2 Å². The van der Waals surface area contributed by atoms with E-state index in [1.54, 1.807) is 57.2 Å². The molecule has 7 N–H and O–H groups in total. The number of hydrogen-bond acceptors (Lipinski definition) is 10. The minimum Gasteiger partial charge on any atom is -0.458 e. The van der Waals surface area contributed by atoms with Crippen molar-refractivity contribution in [1.82, 2.24) is 9.97 Å². The third-order valence-corrected chi connectivity index (χ3v) is 6.40. The number of aromatic nitrogens is 2. The minimum atomic E-state index is -1.18. The number of nitrogens with two attached hydrogens (primary N) is 2. The number of benzene rings is 1. The lowest BCUT2D eigenvalue weighted by Gasteiger charge is -2.40. The average molecular weight is 548 g/mol. The third-order valence-electron chi connectivity index (χ3n) is 6.40. The number of carbonyl (C=O) groups is 1. The number of anilines is 1. The summed E-state index contributed by atoms with van der Waals surface area (Å²) in [5.74, 6) is -0.492. The second-order valence-corrected chi connectivity index (χ2v) is 10.8. The fourth-order valence-electron chi connectivity index (χ4n) is 4.49. The van der Waals surface area contributed by atoms with Crippen LogP contribution in [0.4, 0.5) is 11.4 Å². The van der Waals surface area contributed by atoms with Crippen molar-refractivity contribution in [2.75, 3.05) is 11.9 Å². The van der Waals surface area contributed by atoms with Gasteiger partial charge < -0.3 is 36.3 Å². The number of nitrogens with one attached hydrogen (secondary N) is 2. The molecular weight excluding hydrogens is 514 g/mol. The summed E-state index contributed by atoms with van der Waals surface area (Å²) in [5.41, 5.74) is 11.8. The Balaban J connectivity index is 1.60. The number of fused-ring (bicyclic) bond motifs is 1. The van der Waals surface area contributed by atoms with Gasteiger partial charge in [-0.2, -0.15) is 5.26 Å². The summed E-state index contributed by atoms with van der Waals surface area (Å²) in [6, 6.07) is 12.3. The summed E-state index contributed by atoms with van der Waals surface area (Å²) in [6.45, 7) is 5.40. The minimum absolute atomic E-state index is 0.0406. The van der Waals surface area contributed by atoms with Crippen molar-refractivity contribution in [2.24, 2.45) is 16.5 Å². The molecule has 0 radical (unpaired) electrons. The van der Waals surface area contributed by atoms with E-state index in [0.29, 0.717) is 35.4 Å². The highest BCUT2D eigenvalue weighted by Crippen LogP contribution is 2.32. The maximum Gasteiger partial charge on any atom is 0.335 e. The second kappa shape index (κ2) is 11.4. The second-order valence-electron chi connectivity index (χ2n) is 10.8. The van der Waals surface area contributed by atoms with Crippen molar-refractivity contribution in [1.29, 1.82) is 5.26 Å². The largest absolute Gasteiger partial charge is 0.458 e. The lowest BCUT2D eigenvalue weighted by Crippen LogP contribution is -2.51. The molecule has 40 heavy (non-hydrogen) atoms. The van der Waals surface area contributed by atoms with E-state index in [4.69, 9.17) is 20.9 Å². The van der Waals surface area contributed by atoms with Gasteiger partial charge in [-0.15, -0.1) is 0 Å². The molecule has 0 spiro atoms. The van der Waals surface area contributed by atoms with Gasteiger partial charge in [0.2, 0.25) is 0 Å². The predicted octanol–water partition coefficient (Wildman–Crippen LogP) is 2.49. The standard InChI is InChI=1S/C28H33N7O5/c1-27(2,3)40-26(38)21-8-10-28(11-12-29,15-39-21)35-19-9-13-32-25(37)22(19)23(30)33-17-5-7-18-16(14-17)4-6-20(34-18)24(31)36/h4-7,9,13-14,21,24,36H,8,10-11,15,31H2,1-3H3,(H2,30,33)(H2,32,35,37)/t21?,24?,28-/m0/s1. The highest BCUT2D eigenvalue weighted by Gasteiger charge is 2.40. The molecule has 0 saturated carbocycles. The van der Waals surface area contributed by atoms with Gasteiger partial charge in [-0.05, 0) is 63.9 Å². The Bertz CT molecular complexity index is 1530. The predicted molar refractivity (Wildman–Crippen MR) is 150 cm³/mol. The molecule has 0 bridgehead atoms. The molecule has 3 aromatic rings. The number of hydrogen-bond donors (Lipinski definition) is 5. The zero-order valence-corrected chi connectivity index (χ0v) is 22.6. The molecule has 210 valence electrons. The molecule has 1 fully saturated rings. The molecule has 3 atom stereocenters. The summed E-state index contributed by atoms with van der Waals surface area (Å²) in [6.07, 6.45) is 0.360. The molecule has 1 saturated heterocycles. The topological polar surface area (TPSA) is 202 Å². The lowest BCUT2D eigenvalue weighted by molar-refractivity contribution is -0.173. The number of aliphatic hydroxyl groups is 1.